The second kappa shape index (κ2) is 11.7. The molecule has 0 radical (unpaired) electrons. The average Bonchev–Trinajstić information content (AvgIpc) is 3.68. The topological polar surface area (TPSA) is 112 Å². The van der Waals surface area contributed by atoms with Gasteiger partial charge in [0.05, 0.1) is 34.7 Å². The van der Waals surface area contributed by atoms with Crippen molar-refractivity contribution in [2.45, 2.75) is 37.8 Å². The SMILES string of the molecule is N#Cc1ccc(C(NCC2CC2)c2ccc(F)c(NC(O)c3cc(C(F)(F)F)nn3-c3cccc(CN)c3)c2)cc1. The van der Waals surface area contributed by atoms with Gasteiger partial charge in [0.15, 0.2) is 11.9 Å². The number of nitrogens with two attached hydrogens (primary N) is 1. The lowest BCUT2D eigenvalue weighted by Gasteiger charge is -2.22. The van der Waals surface area contributed by atoms with E-state index in [0.29, 0.717) is 22.6 Å². The molecule has 7 nitrogen and oxygen atoms in total. The number of alkyl halides is 3. The minimum Gasteiger partial charge on any atom is -0.368 e. The summed E-state index contributed by atoms with van der Waals surface area (Å²) in [5.74, 6) is -0.141. The van der Waals surface area contributed by atoms with Gasteiger partial charge in [-0.05, 0) is 84.5 Å². The molecule has 0 aliphatic heterocycles. The molecule has 0 saturated heterocycles. The number of hydrogen-bond acceptors (Lipinski definition) is 6. The highest BCUT2D eigenvalue weighted by atomic mass is 19.4. The van der Waals surface area contributed by atoms with Gasteiger partial charge in [-0.25, -0.2) is 9.07 Å². The van der Waals surface area contributed by atoms with E-state index in [1.165, 1.54) is 18.2 Å². The van der Waals surface area contributed by atoms with Gasteiger partial charge in [0.25, 0.3) is 0 Å². The van der Waals surface area contributed by atoms with Crippen LogP contribution in [-0.2, 0) is 12.7 Å². The molecule has 4 aromatic rings. The molecule has 5 rings (SSSR count). The van der Waals surface area contributed by atoms with Crippen LogP contribution in [0.15, 0.2) is 72.8 Å². The number of aromatic nitrogens is 2. The van der Waals surface area contributed by atoms with E-state index in [-0.39, 0.29) is 29.7 Å². The Morgan fingerprint density at radius 2 is 1.78 bits per heavy atom. The van der Waals surface area contributed by atoms with E-state index in [2.05, 4.69) is 21.8 Å². The van der Waals surface area contributed by atoms with Crippen LogP contribution in [0.2, 0.25) is 0 Å². The van der Waals surface area contributed by atoms with Gasteiger partial charge in [-0.2, -0.15) is 23.5 Å². The Hall–Kier alpha value is -4.24. The molecule has 0 spiro atoms. The molecule has 0 bridgehead atoms. The van der Waals surface area contributed by atoms with E-state index in [9.17, 15) is 18.3 Å². The number of anilines is 1. The molecule has 0 amide bonds. The third-order valence-electron chi connectivity index (χ3n) is 6.99. The fraction of sp³-hybridized carbons (Fsp3) is 0.267. The first-order chi connectivity index (χ1) is 19.7. The predicted molar refractivity (Wildman–Crippen MR) is 145 cm³/mol. The summed E-state index contributed by atoms with van der Waals surface area (Å²) in [4.78, 5) is 0. The van der Waals surface area contributed by atoms with E-state index in [1.807, 2.05) is 12.1 Å². The van der Waals surface area contributed by atoms with E-state index in [0.717, 1.165) is 35.7 Å². The van der Waals surface area contributed by atoms with Gasteiger partial charge in [-0.3, -0.25) is 0 Å². The van der Waals surface area contributed by atoms with Crippen molar-refractivity contribution in [3.63, 3.8) is 0 Å². The first-order valence-corrected chi connectivity index (χ1v) is 13.1. The summed E-state index contributed by atoms with van der Waals surface area (Å²) in [5, 5.41) is 30.0. The summed E-state index contributed by atoms with van der Waals surface area (Å²) in [5.41, 5.74) is 7.12. The molecule has 1 aliphatic rings. The van der Waals surface area contributed by atoms with Crippen LogP contribution < -0.4 is 16.4 Å². The number of aliphatic hydroxyl groups is 1. The Morgan fingerprint density at radius 3 is 2.44 bits per heavy atom. The minimum absolute atomic E-state index is 0.0983. The summed E-state index contributed by atoms with van der Waals surface area (Å²) in [6.07, 6.45) is -4.26. The zero-order valence-corrected chi connectivity index (χ0v) is 21.9. The maximum Gasteiger partial charge on any atom is 0.435 e. The predicted octanol–water partition coefficient (Wildman–Crippen LogP) is 5.55. The lowest BCUT2D eigenvalue weighted by atomic mass is 9.97. The lowest BCUT2D eigenvalue weighted by Crippen LogP contribution is -2.25. The monoisotopic (exact) mass is 564 g/mol. The molecule has 1 aromatic heterocycles. The molecule has 1 heterocycles. The second-order valence-electron chi connectivity index (χ2n) is 10.0. The Balaban J connectivity index is 1.48. The molecule has 11 heteroatoms. The average molecular weight is 565 g/mol. The van der Waals surface area contributed by atoms with Crippen LogP contribution in [0.25, 0.3) is 5.69 Å². The van der Waals surface area contributed by atoms with Crippen LogP contribution in [0.4, 0.5) is 23.2 Å². The highest BCUT2D eigenvalue weighted by Gasteiger charge is 2.36. The summed E-state index contributed by atoms with van der Waals surface area (Å²) in [7, 11) is 0. The molecule has 41 heavy (non-hydrogen) atoms. The van der Waals surface area contributed by atoms with Gasteiger partial charge in [0, 0.05) is 6.54 Å². The Kier molecular flexibility index (Phi) is 8.08. The molecule has 2 unspecified atom stereocenters. The van der Waals surface area contributed by atoms with Crippen molar-refractivity contribution in [3.8, 4) is 11.8 Å². The molecule has 5 N–H and O–H groups in total. The van der Waals surface area contributed by atoms with Crippen molar-refractivity contribution >= 4 is 5.69 Å². The molecule has 3 aromatic carbocycles. The largest absolute Gasteiger partial charge is 0.435 e. The Labute approximate surface area is 234 Å². The zero-order chi connectivity index (χ0) is 29.1. The number of benzene rings is 3. The Bertz CT molecular complexity index is 1560. The summed E-state index contributed by atoms with van der Waals surface area (Å²) in [6.45, 7) is 0.902. The van der Waals surface area contributed by atoms with Gasteiger partial charge >= 0.3 is 6.18 Å². The zero-order valence-electron chi connectivity index (χ0n) is 21.9. The van der Waals surface area contributed by atoms with Gasteiger partial charge < -0.3 is 21.5 Å². The molecule has 1 aliphatic carbocycles. The number of nitrogens with zero attached hydrogens (tertiary/aromatic N) is 3. The minimum atomic E-state index is -4.77. The number of rotatable bonds is 10. The second-order valence-corrected chi connectivity index (χ2v) is 10.0. The molecular formula is C30H28F4N6O. The third kappa shape index (κ3) is 6.57. The maximum atomic E-state index is 15.0. The summed E-state index contributed by atoms with van der Waals surface area (Å²) >= 11 is 0. The van der Waals surface area contributed by atoms with Crippen molar-refractivity contribution in [2.24, 2.45) is 11.7 Å². The summed E-state index contributed by atoms with van der Waals surface area (Å²) < 4.78 is 56.8. The van der Waals surface area contributed by atoms with Crippen molar-refractivity contribution in [3.05, 3.63) is 112 Å². The molecular weight excluding hydrogens is 536 g/mol. The number of hydrogen-bond donors (Lipinski definition) is 4. The van der Waals surface area contributed by atoms with Crippen LogP contribution in [0.1, 0.15) is 58.8 Å². The van der Waals surface area contributed by atoms with Gasteiger partial charge in [0.1, 0.15) is 5.82 Å². The number of halogens is 4. The number of nitrogens with one attached hydrogen (secondary N) is 2. The van der Waals surface area contributed by atoms with E-state index < -0.39 is 23.9 Å². The van der Waals surface area contributed by atoms with Crippen LogP contribution in [0.5, 0.6) is 0 Å². The normalized spacial score (nSPS) is 14.9. The lowest BCUT2D eigenvalue weighted by molar-refractivity contribution is -0.141. The molecule has 212 valence electrons. The van der Waals surface area contributed by atoms with Crippen molar-refractivity contribution in [1.82, 2.24) is 15.1 Å². The van der Waals surface area contributed by atoms with Gasteiger partial charge in [0.2, 0.25) is 0 Å². The number of aliphatic hydroxyl groups excluding tert-OH is 1. The molecule has 1 fully saturated rings. The standard InChI is InChI=1S/C30H28F4N6O/c31-24-11-10-22(28(37-17-19-4-5-19)21-8-6-18(15-35)7-9-21)13-25(24)38-29(41)26-14-27(30(32,33)34)39-40(26)23-3-1-2-20(12-23)16-36/h1-3,6-14,19,28-29,37-38,41H,4-5,16-17,36H2. The van der Waals surface area contributed by atoms with Crippen molar-refractivity contribution in [2.75, 3.05) is 11.9 Å². The van der Waals surface area contributed by atoms with Crippen LogP contribution in [-0.4, -0.2) is 21.4 Å². The van der Waals surface area contributed by atoms with E-state index in [4.69, 9.17) is 11.0 Å². The third-order valence-corrected chi connectivity index (χ3v) is 6.99. The molecule has 2 atom stereocenters. The van der Waals surface area contributed by atoms with Crippen molar-refractivity contribution < 1.29 is 22.7 Å². The maximum absolute atomic E-state index is 15.0. The van der Waals surface area contributed by atoms with Crippen molar-refractivity contribution in [1.29, 1.82) is 5.26 Å². The highest BCUT2D eigenvalue weighted by Crippen LogP contribution is 2.34. The summed E-state index contributed by atoms with van der Waals surface area (Å²) in [6, 6.07) is 20.3. The van der Waals surface area contributed by atoms with Gasteiger partial charge in [-0.15, -0.1) is 0 Å². The van der Waals surface area contributed by atoms with Gasteiger partial charge in [-0.1, -0.05) is 30.3 Å². The van der Waals surface area contributed by atoms with Crippen LogP contribution >= 0.6 is 0 Å². The van der Waals surface area contributed by atoms with Crippen LogP contribution in [0.3, 0.4) is 0 Å². The Morgan fingerprint density at radius 1 is 1.05 bits per heavy atom. The fourth-order valence-electron chi connectivity index (χ4n) is 4.59. The van der Waals surface area contributed by atoms with E-state index >= 15 is 4.39 Å². The smallest absolute Gasteiger partial charge is 0.368 e. The quantitative estimate of drug-likeness (QED) is 0.148. The first-order valence-electron chi connectivity index (χ1n) is 13.1. The number of nitriles is 1. The fourth-order valence-corrected chi connectivity index (χ4v) is 4.59. The highest BCUT2D eigenvalue weighted by molar-refractivity contribution is 5.51. The van der Waals surface area contributed by atoms with E-state index in [1.54, 1.807) is 36.4 Å². The molecule has 1 saturated carbocycles. The van der Waals surface area contributed by atoms with Crippen LogP contribution in [0, 0.1) is 23.1 Å². The first kappa shape index (κ1) is 28.3.